The first kappa shape index (κ1) is 15.1. The highest BCUT2D eigenvalue weighted by atomic mass is 35.5. The quantitative estimate of drug-likeness (QED) is 0.872. The number of anilines is 1. The van der Waals surface area contributed by atoms with E-state index in [-0.39, 0.29) is 18.1 Å². The molecule has 1 heterocycles. The van der Waals surface area contributed by atoms with Crippen molar-refractivity contribution >= 4 is 23.2 Å². The van der Waals surface area contributed by atoms with Gasteiger partial charge in [0.05, 0.1) is 22.9 Å². The van der Waals surface area contributed by atoms with Gasteiger partial charge in [-0.1, -0.05) is 17.7 Å². The molecule has 20 heavy (non-hydrogen) atoms. The van der Waals surface area contributed by atoms with Gasteiger partial charge in [-0.05, 0) is 38.0 Å². The molecule has 0 aliphatic carbocycles. The lowest BCUT2D eigenvalue weighted by Gasteiger charge is -2.35. The molecule has 2 N–H and O–H groups in total. The molecular weight excluding hydrogens is 276 g/mol. The molecule has 0 bridgehead atoms. The molecule has 1 fully saturated rings. The van der Waals surface area contributed by atoms with Gasteiger partial charge in [-0.25, -0.2) is 0 Å². The van der Waals surface area contributed by atoms with Crippen molar-refractivity contribution in [3.8, 4) is 0 Å². The average molecular weight is 297 g/mol. The third-order valence-electron chi connectivity index (χ3n) is 3.46. The van der Waals surface area contributed by atoms with E-state index in [0.717, 1.165) is 5.56 Å². The van der Waals surface area contributed by atoms with Gasteiger partial charge in [0.15, 0.2) is 0 Å². The monoisotopic (exact) mass is 296 g/mol. The molecular formula is C15H21ClN2O2. The molecule has 1 amide bonds. The van der Waals surface area contributed by atoms with Crippen LogP contribution in [-0.2, 0) is 16.0 Å². The first-order valence-electron chi connectivity index (χ1n) is 6.93. The zero-order valence-electron chi connectivity index (χ0n) is 11.9. The van der Waals surface area contributed by atoms with Crippen molar-refractivity contribution in [3.05, 3.63) is 28.8 Å². The third kappa shape index (κ3) is 3.87. The number of aryl methyl sites for hydroxylation is 1. The highest BCUT2D eigenvalue weighted by molar-refractivity contribution is 6.33. The largest absolute Gasteiger partial charge is 0.398 e. The zero-order valence-corrected chi connectivity index (χ0v) is 12.7. The van der Waals surface area contributed by atoms with E-state index in [9.17, 15) is 4.79 Å². The summed E-state index contributed by atoms with van der Waals surface area (Å²) in [5.41, 5.74) is 7.36. The fraction of sp³-hybridized carbons (Fsp3) is 0.533. The van der Waals surface area contributed by atoms with Crippen LogP contribution in [0.25, 0.3) is 0 Å². The number of nitrogens with two attached hydrogens (primary N) is 1. The van der Waals surface area contributed by atoms with Crippen LogP contribution in [0, 0.1) is 0 Å². The number of morpholine rings is 1. The van der Waals surface area contributed by atoms with E-state index in [2.05, 4.69) is 0 Å². The lowest BCUT2D eigenvalue weighted by Crippen LogP contribution is -2.48. The molecule has 1 aliphatic heterocycles. The fourth-order valence-electron chi connectivity index (χ4n) is 2.54. The van der Waals surface area contributed by atoms with Gasteiger partial charge in [-0.3, -0.25) is 4.79 Å². The second-order valence-electron chi connectivity index (χ2n) is 5.41. The summed E-state index contributed by atoms with van der Waals surface area (Å²) < 4.78 is 5.63. The molecule has 5 heteroatoms. The zero-order chi connectivity index (χ0) is 14.7. The molecule has 0 aromatic heterocycles. The van der Waals surface area contributed by atoms with Gasteiger partial charge < -0.3 is 15.4 Å². The smallest absolute Gasteiger partial charge is 0.223 e. The molecule has 2 atom stereocenters. The second kappa shape index (κ2) is 6.46. The lowest BCUT2D eigenvalue weighted by molar-refractivity contribution is -0.143. The number of hydrogen-bond acceptors (Lipinski definition) is 3. The Balaban J connectivity index is 1.89. The van der Waals surface area contributed by atoms with Crippen LogP contribution >= 0.6 is 11.6 Å². The maximum Gasteiger partial charge on any atom is 0.223 e. The van der Waals surface area contributed by atoms with Gasteiger partial charge in [-0.15, -0.1) is 0 Å². The summed E-state index contributed by atoms with van der Waals surface area (Å²) >= 11 is 5.88. The highest BCUT2D eigenvalue weighted by Gasteiger charge is 2.25. The maximum absolute atomic E-state index is 12.2. The van der Waals surface area contributed by atoms with Crippen LogP contribution in [0.5, 0.6) is 0 Å². The molecule has 4 nitrogen and oxygen atoms in total. The molecule has 110 valence electrons. The number of amides is 1. The molecule has 0 saturated carbocycles. The van der Waals surface area contributed by atoms with Crippen molar-refractivity contribution in [2.24, 2.45) is 0 Å². The standard InChI is InChI=1S/C15H21ClN2O2/c1-10-8-18(9-11(2)20-10)15(19)6-4-12-3-5-13(16)14(17)7-12/h3,5,7,10-11H,4,6,8-9,17H2,1-2H3. The molecule has 0 spiro atoms. The van der Waals surface area contributed by atoms with E-state index in [1.54, 1.807) is 6.07 Å². The number of nitrogen functional groups attached to an aromatic ring is 1. The Morgan fingerprint density at radius 3 is 2.65 bits per heavy atom. The summed E-state index contributed by atoms with van der Waals surface area (Å²) in [6.45, 7) is 5.34. The van der Waals surface area contributed by atoms with Crippen LogP contribution in [0.2, 0.25) is 5.02 Å². The van der Waals surface area contributed by atoms with E-state index in [4.69, 9.17) is 22.1 Å². The van der Waals surface area contributed by atoms with Crippen LogP contribution in [0.15, 0.2) is 18.2 Å². The topological polar surface area (TPSA) is 55.6 Å². The summed E-state index contributed by atoms with van der Waals surface area (Å²) in [7, 11) is 0. The summed E-state index contributed by atoms with van der Waals surface area (Å²) in [5.74, 6) is 0.167. The Hall–Kier alpha value is -1.26. The number of ether oxygens (including phenoxy) is 1. The van der Waals surface area contributed by atoms with Crippen molar-refractivity contribution in [2.75, 3.05) is 18.8 Å². The van der Waals surface area contributed by atoms with Gasteiger partial charge in [0.1, 0.15) is 0 Å². The number of rotatable bonds is 3. The minimum atomic E-state index is 0.105. The Bertz CT molecular complexity index is 483. The van der Waals surface area contributed by atoms with Gasteiger partial charge in [-0.2, -0.15) is 0 Å². The second-order valence-corrected chi connectivity index (χ2v) is 5.82. The van der Waals surface area contributed by atoms with Crippen molar-refractivity contribution in [2.45, 2.75) is 38.9 Å². The van der Waals surface area contributed by atoms with E-state index in [1.807, 2.05) is 30.9 Å². The number of hydrogen-bond donors (Lipinski definition) is 1. The Morgan fingerprint density at radius 2 is 2.05 bits per heavy atom. The van der Waals surface area contributed by atoms with Crippen LogP contribution in [0.4, 0.5) is 5.69 Å². The summed E-state index contributed by atoms with van der Waals surface area (Å²) in [5, 5.41) is 0.552. The van der Waals surface area contributed by atoms with Crippen LogP contribution in [0.3, 0.4) is 0 Å². The van der Waals surface area contributed by atoms with Crippen molar-refractivity contribution in [3.63, 3.8) is 0 Å². The van der Waals surface area contributed by atoms with E-state index in [1.165, 1.54) is 0 Å². The molecule has 2 unspecified atom stereocenters. The predicted octanol–water partition coefficient (Wildman–Crippen LogP) is 2.49. The number of benzene rings is 1. The molecule has 1 aliphatic rings. The number of carbonyl (C=O) groups excluding carboxylic acids is 1. The van der Waals surface area contributed by atoms with E-state index in [0.29, 0.717) is 36.6 Å². The van der Waals surface area contributed by atoms with Crippen molar-refractivity contribution in [1.29, 1.82) is 0 Å². The first-order valence-corrected chi connectivity index (χ1v) is 7.30. The predicted molar refractivity (Wildman–Crippen MR) is 80.8 cm³/mol. The Morgan fingerprint density at radius 1 is 1.40 bits per heavy atom. The van der Waals surface area contributed by atoms with Crippen molar-refractivity contribution < 1.29 is 9.53 Å². The summed E-state index contributed by atoms with van der Waals surface area (Å²) in [4.78, 5) is 14.1. The van der Waals surface area contributed by atoms with Gasteiger partial charge in [0.2, 0.25) is 5.91 Å². The first-order chi connectivity index (χ1) is 9.45. The Labute approximate surface area is 124 Å². The summed E-state index contributed by atoms with van der Waals surface area (Å²) in [6.07, 6.45) is 1.38. The molecule has 0 radical (unpaired) electrons. The lowest BCUT2D eigenvalue weighted by atomic mass is 10.1. The van der Waals surface area contributed by atoms with Gasteiger partial charge in [0.25, 0.3) is 0 Å². The van der Waals surface area contributed by atoms with E-state index < -0.39 is 0 Å². The highest BCUT2D eigenvalue weighted by Crippen LogP contribution is 2.20. The molecule has 1 aromatic rings. The molecule has 1 aromatic carbocycles. The van der Waals surface area contributed by atoms with Gasteiger partial charge >= 0.3 is 0 Å². The number of halogens is 1. The van der Waals surface area contributed by atoms with Crippen LogP contribution < -0.4 is 5.73 Å². The fourth-order valence-corrected chi connectivity index (χ4v) is 2.66. The van der Waals surface area contributed by atoms with Crippen LogP contribution in [-0.4, -0.2) is 36.1 Å². The van der Waals surface area contributed by atoms with Crippen molar-refractivity contribution in [1.82, 2.24) is 4.90 Å². The minimum Gasteiger partial charge on any atom is -0.398 e. The SMILES string of the molecule is CC1CN(C(=O)CCc2ccc(Cl)c(N)c2)CC(C)O1. The van der Waals surface area contributed by atoms with Gasteiger partial charge in [0, 0.05) is 19.5 Å². The minimum absolute atomic E-state index is 0.105. The summed E-state index contributed by atoms with van der Waals surface area (Å²) in [6, 6.07) is 5.52. The molecule has 2 rings (SSSR count). The number of nitrogens with zero attached hydrogens (tertiary/aromatic N) is 1. The maximum atomic E-state index is 12.2. The van der Waals surface area contributed by atoms with Crippen LogP contribution in [0.1, 0.15) is 25.8 Å². The average Bonchev–Trinajstić information content (AvgIpc) is 2.38. The normalized spacial score (nSPS) is 22.9. The molecule has 1 saturated heterocycles. The third-order valence-corrected chi connectivity index (χ3v) is 3.80. The number of carbonyl (C=O) groups is 1. The Kier molecular flexibility index (Phi) is 4.89. The van der Waals surface area contributed by atoms with E-state index >= 15 is 0 Å².